The number of unbranched alkanes of at least 4 members (excludes halogenated alkanes) is 10. The molecule has 0 fully saturated rings. The standard InChI is InChI=1S/C33H60N3O2/c1-3-19-32(30-35-2)21-17-28-37-26-14-10-7-5-4-6-9-13-24-36-25-16-20-33(31-36)22-18-29-38-27-15-11-8-12-23-34/h16,19-20,25,30-31H,3-15,17-18,21-24,26-29,34H2,1-2H3/q+1/b32-19-,35-30?. The first-order valence-corrected chi connectivity index (χ1v) is 15.7. The molecule has 0 saturated carbocycles. The molecular weight excluding hydrogens is 470 g/mol. The van der Waals surface area contributed by atoms with Crippen molar-refractivity contribution in [2.75, 3.05) is 40.0 Å². The van der Waals surface area contributed by atoms with E-state index in [0.29, 0.717) is 0 Å². The van der Waals surface area contributed by atoms with Gasteiger partial charge in [-0.2, -0.15) is 0 Å². The van der Waals surface area contributed by atoms with Crippen molar-refractivity contribution in [3.05, 3.63) is 41.7 Å². The monoisotopic (exact) mass is 530 g/mol. The van der Waals surface area contributed by atoms with Crippen molar-refractivity contribution in [3.63, 3.8) is 0 Å². The van der Waals surface area contributed by atoms with E-state index in [-0.39, 0.29) is 0 Å². The van der Waals surface area contributed by atoms with Crippen molar-refractivity contribution in [2.24, 2.45) is 10.7 Å². The van der Waals surface area contributed by atoms with Gasteiger partial charge < -0.3 is 15.2 Å². The molecular formula is C33H60N3O2+. The van der Waals surface area contributed by atoms with E-state index in [1.807, 2.05) is 13.3 Å². The number of aliphatic imine (C=N–C) groups is 1. The lowest BCUT2D eigenvalue weighted by molar-refractivity contribution is -0.697. The summed E-state index contributed by atoms with van der Waals surface area (Å²) in [5, 5.41) is 0. The summed E-state index contributed by atoms with van der Waals surface area (Å²) in [6.07, 6.45) is 29.5. The molecule has 38 heavy (non-hydrogen) atoms. The molecule has 0 saturated heterocycles. The number of aromatic nitrogens is 1. The van der Waals surface area contributed by atoms with E-state index >= 15 is 0 Å². The number of allylic oxidation sites excluding steroid dienone is 2. The molecule has 1 rings (SSSR count). The summed E-state index contributed by atoms with van der Waals surface area (Å²) < 4.78 is 14.0. The summed E-state index contributed by atoms with van der Waals surface area (Å²) in [6.45, 7) is 7.65. The Hall–Kier alpha value is -1.56. The molecule has 0 atom stereocenters. The molecule has 0 aliphatic carbocycles. The average Bonchev–Trinajstić information content (AvgIpc) is 2.92. The molecule has 0 aliphatic rings. The van der Waals surface area contributed by atoms with Crippen LogP contribution in [0.25, 0.3) is 0 Å². The first-order valence-electron chi connectivity index (χ1n) is 15.7. The summed E-state index contributed by atoms with van der Waals surface area (Å²) in [5.74, 6) is 0. The summed E-state index contributed by atoms with van der Waals surface area (Å²) in [7, 11) is 1.84. The molecule has 0 aromatic carbocycles. The van der Waals surface area contributed by atoms with Gasteiger partial charge in [-0.25, -0.2) is 4.57 Å². The largest absolute Gasteiger partial charge is 0.381 e. The number of ether oxygens (including phenoxy) is 2. The lowest BCUT2D eigenvalue weighted by Crippen LogP contribution is -2.33. The number of pyridine rings is 1. The maximum Gasteiger partial charge on any atom is 0.171 e. The SMILES string of the molecule is CC/C=C(\C=NC)CCCOCCCCCCCCCC[n+]1cccc(CCCOCCCCCCN)c1. The van der Waals surface area contributed by atoms with E-state index < -0.39 is 0 Å². The number of rotatable bonds is 27. The zero-order valence-electron chi connectivity index (χ0n) is 25.0. The third-order valence-corrected chi connectivity index (χ3v) is 6.89. The van der Waals surface area contributed by atoms with Crippen LogP contribution in [0.1, 0.15) is 115 Å². The molecule has 0 amide bonds. The van der Waals surface area contributed by atoms with E-state index in [9.17, 15) is 0 Å². The van der Waals surface area contributed by atoms with Crippen LogP contribution in [0.15, 0.2) is 41.2 Å². The highest BCUT2D eigenvalue weighted by atomic mass is 16.5. The Labute approximate surface area is 235 Å². The van der Waals surface area contributed by atoms with Crippen LogP contribution in [-0.2, 0) is 22.4 Å². The second-order valence-electron chi connectivity index (χ2n) is 10.5. The Balaban J connectivity index is 1.92. The molecule has 218 valence electrons. The summed E-state index contributed by atoms with van der Waals surface area (Å²) in [6, 6.07) is 4.44. The van der Waals surface area contributed by atoms with E-state index in [1.165, 1.54) is 75.3 Å². The second-order valence-corrected chi connectivity index (χ2v) is 10.5. The van der Waals surface area contributed by atoms with Gasteiger partial charge in [0.25, 0.3) is 0 Å². The first kappa shape index (κ1) is 34.5. The molecule has 2 N–H and O–H groups in total. The van der Waals surface area contributed by atoms with Crippen LogP contribution in [0.3, 0.4) is 0 Å². The molecule has 5 heteroatoms. The van der Waals surface area contributed by atoms with Gasteiger partial charge in [0.05, 0.1) is 0 Å². The van der Waals surface area contributed by atoms with Gasteiger partial charge in [-0.1, -0.05) is 57.9 Å². The Morgan fingerprint density at radius 1 is 0.816 bits per heavy atom. The van der Waals surface area contributed by atoms with E-state index in [1.54, 1.807) is 0 Å². The number of nitrogens with zero attached hydrogens (tertiary/aromatic N) is 2. The lowest BCUT2D eigenvalue weighted by atomic mass is 10.1. The number of aryl methyl sites for hydroxylation is 2. The summed E-state index contributed by atoms with van der Waals surface area (Å²) >= 11 is 0. The van der Waals surface area contributed by atoms with Gasteiger partial charge >= 0.3 is 0 Å². The molecule has 1 heterocycles. The second kappa shape index (κ2) is 27.0. The number of nitrogens with two attached hydrogens (primary N) is 1. The van der Waals surface area contributed by atoms with Crippen molar-refractivity contribution < 1.29 is 14.0 Å². The Kier molecular flexibility index (Phi) is 24.5. The Morgan fingerprint density at radius 2 is 1.42 bits per heavy atom. The van der Waals surface area contributed by atoms with Gasteiger partial charge in [-0.05, 0) is 76.0 Å². The van der Waals surface area contributed by atoms with Crippen LogP contribution >= 0.6 is 0 Å². The maximum absolute atomic E-state index is 5.82. The average molecular weight is 531 g/mol. The van der Waals surface area contributed by atoms with Gasteiger partial charge in [0, 0.05) is 57.7 Å². The van der Waals surface area contributed by atoms with Crippen molar-refractivity contribution in [2.45, 2.75) is 123 Å². The fourth-order valence-electron chi connectivity index (χ4n) is 4.73. The van der Waals surface area contributed by atoms with E-state index in [4.69, 9.17) is 15.2 Å². The topological polar surface area (TPSA) is 60.7 Å². The smallest absolute Gasteiger partial charge is 0.171 e. The zero-order valence-corrected chi connectivity index (χ0v) is 25.0. The fraction of sp³-hybridized carbons (Fsp3) is 0.758. The van der Waals surface area contributed by atoms with E-state index in [2.05, 4.69) is 47.1 Å². The Morgan fingerprint density at radius 3 is 2.08 bits per heavy atom. The normalized spacial score (nSPS) is 12.1. The van der Waals surface area contributed by atoms with Crippen molar-refractivity contribution >= 4 is 6.21 Å². The quantitative estimate of drug-likeness (QED) is 0.0732. The van der Waals surface area contributed by atoms with Crippen molar-refractivity contribution in [3.8, 4) is 0 Å². The van der Waals surface area contributed by atoms with Gasteiger partial charge in [0.15, 0.2) is 12.4 Å². The Bertz CT molecular complexity index is 705. The van der Waals surface area contributed by atoms with Crippen molar-refractivity contribution in [1.29, 1.82) is 0 Å². The molecule has 0 unspecified atom stereocenters. The molecule has 0 spiro atoms. The number of hydrogen-bond acceptors (Lipinski definition) is 4. The van der Waals surface area contributed by atoms with Crippen molar-refractivity contribution in [1.82, 2.24) is 0 Å². The highest BCUT2D eigenvalue weighted by Gasteiger charge is 2.03. The highest BCUT2D eigenvalue weighted by molar-refractivity contribution is 5.78. The fourth-order valence-corrected chi connectivity index (χ4v) is 4.73. The lowest BCUT2D eigenvalue weighted by Gasteiger charge is -2.06. The maximum atomic E-state index is 5.82. The third kappa shape index (κ3) is 21.4. The molecule has 1 aromatic heterocycles. The van der Waals surface area contributed by atoms with Crippen LogP contribution in [0.5, 0.6) is 0 Å². The van der Waals surface area contributed by atoms with Gasteiger partial charge in [0.2, 0.25) is 0 Å². The molecule has 0 aliphatic heterocycles. The third-order valence-electron chi connectivity index (χ3n) is 6.89. The molecule has 0 bridgehead atoms. The van der Waals surface area contributed by atoms with Gasteiger partial charge in [0.1, 0.15) is 6.54 Å². The predicted molar refractivity (Wildman–Crippen MR) is 163 cm³/mol. The predicted octanol–water partition coefficient (Wildman–Crippen LogP) is 7.40. The highest BCUT2D eigenvalue weighted by Crippen LogP contribution is 2.10. The molecule has 0 radical (unpaired) electrons. The zero-order chi connectivity index (χ0) is 27.4. The van der Waals surface area contributed by atoms with Crippen LogP contribution in [0, 0.1) is 0 Å². The van der Waals surface area contributed by atoms with Gasteiger partial charge in [-0.3, -0.25) is 4.99 Å². The summed E-state index contributed by atoms with van der Waals surface area (Å²) in [5.41, 5.74) is 8.29. The van der Waals surface area contributed by atoms with Crippen LogP contribution in [-0.4, -0.2) is 46.2 Å². The van der Waals surface area contributed by atoms with E-state index in [0.717, 1.165) is 84.5 Å². The summed E-state index contributed by atoms with van der Waals surface area (Å²) in [4.78, 5) is 4.13. The minimum Gasteiger partial charge on any atom is -0.381 e. The first-order chi connectivity index (χ1) is 18.8. The molecule has 5 nitrogen and oxygen atoms in total. The van der Waals surface area contributed by atoms with Crippen LogP contribution in [0.4, 0.5) is 0 Å². The minimum atomic E-state index is 0.810. The molecule has 1 aromatic rings. The minimum absolute atomic E-state index is 0.810. The van der Waals surface area contributed by atoms with Crippen LogP contribution in [0.2, 0.25) is 0 Å². The van der Waals surface area contributed by atoms with Gasteiger partial charge in [-0.15, -0.1) is 0 Å². The number of hydrogen-bond donors (Lipinski definition) is 1. The van der Waals surface area contributed by atoms with Crippen LogP contribution < -0.4 is 10.3 Å².